The summed E-state index contributed by atoms with van der Waals surface area (Å²) in [6, 6.07) is 18.5. The van der Waals surface area contributed by atoms with Crippen LogP contribution in [-0.2, 0) is 17.8 Å². The number of amides is 2. The lowest BCUT2D eigenvalue weighted by molar-refractivity contribution is 0.0713. The Hall–Kier alpha value is -4.47. The van der Waals surface area contributed by atoms with Gasteiger partial charge in [0, 0.05) is 55.8 Å². The van der Waals surface area contributed by atoms with Crippen LogP contribution in [-0.4, -0.2) is 53.1 Å². The summed E-state index contributed by atoms with van der Waals surface area (Å²) in [6.45, 7) is 4.39. The molecule has 2 aromatic heterocycles. The molecule has 43 heavy (non-hydrogen) atoms. The molecule has 9 heteroatoms. The molecular formula is C34H36FN5O3. The number of hydrogen-bond acceptors (Lipinski definition) is 4. The molecule has 222 valence electrons. The highest BCUT2D eigenvalue weighted by atomic mass is 19.1. The van der Waals surface area contributed by atoms with Crippen LogP contribution < -0.4 is 11.1 Å². The number of likely N-dealkylation sites (tertiary alicyclic amines) is 1. The van der Waals surface area contributed by atoms with Gasteiger partial charge < -0.3 is 30.2 Å². The van der Waals surface area contributed by atoms with Crippen LogP contribution in [0.25, 0.3) is 21.8 Å². The number of nitrogens with two attached hydrogens (primary N) is 1. The highest BCUT2D eigenvalue weighted by Gasteiger charge is 2.29. The molecule has 5 aromatic rings. The summed E-state index contributed by atoms with van der Waals surface area (Å²) in [6.07, 6.45) is 3.16. The first-order valence-electron chi connectivity index (χ1n) is 14.7. The van der Waals surface area contributed by atoms with E-state index in [0.29, 0.717) is 73.5 Å². The Labute approximate surface area is 249 Å². The number of H-pyrrole nitrogens is 1. The number of nitrogens with zero attached hydrogens (tertiary/aromatic N) is 2. The maximum atomic E-state index is 14.7. The van der Waals surface area contributed by atoms with E-state index in [4.69, 9.17) is 10.5 Å². The molecule has 3 heterocycles. The van der Waals surface area contributed by atoms with Crippen molar-refractivity contribution in [3.63, 3.8) is 0 Å². The smallest absolute Gasteiger partial charge is 0.272 e. The van der Waals surface area contributed by atoms with Crippen LogP contribution in [0.15, 0.2) is 66.9 Å². The standard InChI is InChI=1S/C34H36FN5O3/c1-21-5-3-6-24-18-29(37-32(21)24)33(41)38-28-7-4-8-30-31(28)26(20-40(30)15-16-43-2)34(42)39-13-11-23(12-14-39)25-17-22(19-36)9-10-27(25)35/h3-10,17-18,20,23,37H,11-16,19,36H2,1-2H3,(H,38,41). The fourth-order valence-electron chi connectivity index (χ4n) is 6.21. The van der Waals surface area contributed by atoms with E-state index in [0.717, 1.165) is 27.5 Å². The first kappa shape index (κ1) is 28.6. The average Bonchev–Trinajstić information content (AvgIpc) is 3.64. The molecule has 1 aliphatic rings. The topological polar surface area (TPSA) is 105 Å². The second-order valence-corrected chi connectivity index (χ2v) is 11.2. The van der Waals surface area contributed by atoms with Crippen molar-refractivity contribution in [2.45, 2.75) is 38.8 Å². The van der Waals surface area contributed by atoms with E-state index in [1.807, 2.05) is 71.1 Å². The van der Waals surface area contributed by atoms with E-state index in [2.05, 4.69) is 10.3 Å². The number of carbonyl (C=O) groups is 2. The molecule has 0 unspecified atom stereocenters. The number of aromatic nitrogens is 2. The van der Waals surface area contributed by atoms with E-state index in [1.54, 1.807) is 13.2 Å². The van der Waals surface area contributed by atoms with Crippen LogP contribution in [0.1, 0.15) is 56.3 Å². The van der Waals surface area contributed by atoms with Crippen molar-refractivity contribution in [3.8, 4) is 0 Å². The first-order chi connectivity index (χ1) is 20.9. The number of para-hydroxylation sites is 1. The minimum absolute atomic E-state index is 0.0217. The van der Waals surface area contributed by atoms with Gasteiger partial charge in [-0.1, -0.05) is 36.4 Å². The number of nitrogens with one attached hydrogen (secondary N) is 2. The number of aromatic amines is 1. The minimum Gasteiger partial charge on any atom is -0.383 e. The Bertz CT molecular complexity index is 1820. The molecule has 8 nitrogen and oxygen atoms in total. The highest BCUT2D eigenvalue weighted by Crippen LogP contribution is 2.34. The maximum Gasteiger partial charge on any atom is 0.272 e. The SMILES string of the molecule is COCCn1cc(C(=O)N2CCC(c3cc(CN)ccc3F)CC2)c2c(NC(=O)c3cc4cccc(C)c4[nH]3)cccc21. The second kappa shape index (κ2) is 12.0. The van der Waals surface area contributed by atoms with Gasteiger partial charge in [-0.15, -0.1) is 0 Å². The first-order valence-corrected chi connectivity index (χ1v) is 14.7. The minimum atomic E-state index is -0.284. The van der Waals surface area contributed by atoms with E-state index in [9.17, 15) is 14.0 Å². The molecular weight excluding hydrogens is 545 g/mol. The molecule has 0 aliphatic carbocycles. The van der Waals surface area contributed by atoms with Gasteiger partial charge in [0.2, 0.25) is 0 Å². The van der Waals surface area contributed by atoms with Crippen LogP contribution in [0.4, 0.5) is 10.1 Å². The summed E-state index contributed by atoms with van der Waals surface area (Å²) in [5.74, 6) is -0.602. The molecule has 4 N–H and O–H groups in total. The van der Waals surface area contributed by atoms with Crippen molar-refractivity contribution < 1.29 is 18.7 Å². The maximum absolute atomic E-state index is 14.7. The number of anilines is 1. The third-order valence-corrected chi connectivity index (χ3v) is 8.55. The molecule has 0 spiro atoms. The molecule has 0 bridgehead atoms. The van der Waals surface area contributed by atoms with E-state index in [1.165, 1.54) is 6.07 Å². The van der Waals surface area contributed by atoms with E-state index in [-0.39, 0.29) is 23.5 Å². The van der Waals surface area contributed by atoms with Crippen molar-refractivity contribution in [2.75, 3.05) is 32.1 Å². The molecule has 0 atom stereocenters. The summed E-state index contributed by atoms with van der Waals surface area (Å²) >= 11 is 0. The van der Waals surface area contributed by atoms with Crippen LogP contribution in [0, 0.1) is 12.7 Å². The fraction of sp³-hybridized carbons (Fsp3) is 0.294. The van der Waals surface area contributed by atoms with Crippen LogP contribution in [0.3, 0.4) is 0 Å². The number of rotatable bonds is 8. The zero-order valence-corrected chi connectivity index (χ0v) is 24.5. The Morgan fingerprint density at radius 3 is 2.63 bits per heavy atom. The largest absolute Gasteiger partial charge is 0.383 e. The molecule has 6 rings (SSSR count). The second-order valence-electron chi connectivity index (χ2n) is 11.2. The summed E-state index contributed by atoms with van der Waals surface area (Å²) in [4.78, 5) is 32.6. The third kappa shape index (κ3) is 5.53. The third-order valence-electron chi connectivity index (χ3n) is 8.55. The lowest BCUT2D eigenvalue weighted by atomic mass is 9.88. The fourth-order valence-corrected chi connectivity index (χ4v) is 6.21. The zero-order chi connectivity index (χ0) is 30.1. The monoisotopic (exact) mass is 581 g/mol. The highest BCUT2D eigenvalue weighted by molar-refractivity contribution is 6.16. The summed E-state index contributed by atoms with van der Waals surface area (Å²) in [5, 5.41) is 4.71. The van der Waals surface area contributed by atoms with E-state index >= 15 is 0 Å². The van der Waals surface area contributed by atoms with Crippen molar-refractivity contribution in [1.29, 1.82) is 0 Å². The number of fused-ring (bicyclic) bond motifs is 2. The predicted octanol–water partition coefficient (Wildman–Crippen LogP) is 5.95. The molecule has 1 fully saturated rings. The van der Waals surface area contributed by atoms with Crippen molar-refractivity contribution in [2.24, 2.45) is 5.73 Å². The molecule has 0 radical (unpaired) electrons. The number of piperidine rings is 1. The van der Waals surface area contributed by atoms with Crippen LogP contribution in [0.2, 0.25) is 0 Å². The van der Waals surface area contributed by atoms with Gasteiger partial charge in [0.15, 0.2) is 0 Å². The number of carbonyl (C=O) groups excluding carboxylic acids is 2. The van der Waals surface area contributed by atoms with Gasteiger partial charge in [-0.3, -0.25) is 9.59 Å². The van der Waals surface area contributed by atoms with Crippen molar-refractivity contribution >= 4 is 39.3 Å². The van der Waals surface area contributed by atoms with Crippen molar-refractivity contribution in [3.05, 3.63) is 101 Å². The van der Waals surface area contributed by atoms with Gasteiger partial charge in [-0.05, 0) is 66.6 Å². The number of halogens is 1. The molecule has 1 aliphatic heterocycles. The lowest BCUT2D eigenvalue weighted by Crippen LogP contribution is -2.38. The molecule has 2 amide bonds. The van der Waals surface area contributed by atoms with Crippen molar-refractivity contribution in [1.82, 2.24) is 14.5 Å². The Kier molecular flexibility index (Phi) is 8.01. The van der Waals surface area contributed by atoms with Gasteiger partial charge >= 0.3 is 0 Å². The summed E-state index contributed by atoms with van der Waals surface area (Å²) in [7, 11) is 1.64. The number of ether oxygens (including phenoxy) is 1. The summed E-state index contributed by atoms with van der Waals surface area (Å²) in [5.41, 5.74) is 11.7. The molecule has 0 saturated carbocycles. The normalized spacial score (nSPS) is 14.1. The zero-order valence-electron chi connectivity index (χ0n) is 24.5. The number of aryl methyl sites for hydroxylation is 1. The van der Waals surface area contributed by atoms with Gasteiger partial charge in [0.1, 0.15) is 11.5 Å². The number of benzene rings is 3. The lowest BCUT2D eigenvalue weighted by Gasteiger charge is -2.32. The van der Waals surface area contributed by atoms with E-state index < -0.39 is 0 Å². The van der Waals surface area contributed by atoms with Crippen LogP contribution in [0.5, 0.6) is 0 Å². The van der Waals surface area contributed by atoms with Crippen LogP contribution >= 0.6 is 0 Å². The predicted molar refractivity (Wildman–Crippen MR) is 167 cm³/mol. The Balaban J connectivity index is 1.29. The van der Waals surface area contributed by atoms with Gasteiger partial charge in [-0.25, -0.2) is 4.39 Å². The quantitative estimate of drug-likeness (QED) is 0.211. The number of hydrogen-bond donors (Lipinski definition) is 3. The molecule has 3 aromatic carbocycles. The average molecular weight is 582 g/mol. The van der Waals surface area contributed by atoms with Gasteiger partial charge in [0.05, 0.1) is 23.4 Å². The summed E-state index contributed by atoms with van der Waals surface area (Å²) < 4.78 is 22.0. The van der Waals surface area contributed by atoms with Gasteiger partial charge in [0.25, 0.3) is 11.8 Å². The Morgan fingerprint density at radius 2 is 1.88 bits per heavy atom. The van der Waals surface area contributed by atoms with Gasteiger partial charge in [-0.2, -0.15) is 0 Å². The number of methoxy groups -OCH3 is 1. The Morgan fingerprint density at radius 1 is 1.09 bits per heavy atom. The molecule has 1 saturated heterocycles.